The minimum Gasteiger partial charge on any atom is -0.304 e. The first kappa shape index (κ1) is 18.1. The summed E-state index contributed by atoms with van der Waals surface area (Å²) in [6.07, 6.45) is 8.84. The van der Waals surface area contributed by atoms with Crippen molar-refractivity contribution in [3.05, 3.63) is 41.6 Å². The van der Waals surface area contributed by atoms with Gasteiger partial charge in [-0.2, -0.15) is 0 Å². The molecule has 4 nitrogen and oxygen atoms in total. The fourth-order valence-corrected chi connectivity index (χ4v) is 5.03. The summed E-state index contributed by atoms with van der Waals surface area (Å²) in [6, 6.07) is 5.14. The highest BCUT2D eigenvalue weighted by Gasteiger charge is 2.31. The van der Waals surface area contributed by atoms with Crippen molar-refractivity contribution in [2.45, 2.75) is 51.0 Å². The molecule has 0 aromatic heterocycles. The molecule has 1 aliphatic carbocycles. The van der Waals surface area contributed by atoms with Gasteiger partial charge in [-0.15, -0.1) is 0 Å². The van der Waals surface area contributed by atoms with Crippen LogP contribution in [-0.2, 0) is 14.6 Å². The number of sulfone groups is 1. The number of carbonyl (C=O) groups excluding carboxylic acids is 1. The number of amides is 1. The van der Waals surface area contributed by atoms with Crippen molar-refractivity contribution in [3.8, 4) is 0 Å². The van der Waals surface area contributed by atoms with Gasteiger partial charge >= 0.3 is 0 Å². The average molecular weight is 365 g/mol. The average Bonchev–Trinajstić information content (AvgIpc) is 2.95. The zero-order valence-corrected chi connectivity index (χ0v) is 15.1. The quantitative estimate of drug-likeness (QED) is 0.797. The second-order valence-corrected chi connectivity index (χ2v) is 8.94. The molecule has 2 aliphatic rings. The number of hydrogen-bond acceptors (Lipinski definition) is 3. The third-order valence-electron chi connectivity index (χ3n) is 5.11. The van der Waals surface area contributed by atoms with E-state index in [1.54, 1.807) is 6.08 Å². The van der Waals surface area contributed by atoms with E-state index in [2.05, 4.69) is 0 Å². The number of halogens is 1. The highest BCUT2D eigenvalue weighted by atomic mass is 32.2. The Balaban J connectivity index is 1.74. The van der Waals surface area contributed by atoms with Crippen molar-refractivity contribution in [1.82, 2.24) is 0 Å². The van der Waals surface area contributed by atoms with Gasteiger partial charge in [0, 0.05) is 17.5 Å². The van der Waals surface area contributed by atoms with Crippen LogP contribution in [0.5, 0.6) is 0 Å². The van der Waals surface area contributed by atoms with Crippen LogP contribution in [0.3, 0.4) is 0 Å². The lowest BCUT2D eigenvalue weighted by atomic mass is 9.86. The van der Waals surface area contributed by atoms with Gasteiger partial charge in [0.2, 0.25) is 5.91 Å². The SMILES string of the molecule is O=C(CCC1CCCCC1)N(c1ccc(F)cc1)[C@@H]1C=CS(=O)(=O)C1. The van der Waals surface area contributed by atoms with Crippen LogP contribution in [0.15, 0.2) is 35.7 Å². The van der Waals surface area contributed by atoms with Crippen LogP contribution >= 0.6 is 0 Å². The van der Waals surface area contributed by atoms with E-state index in [1.807, 2.05) is 0 Å². The summed E-state index contributed by atoms with van der Waals surface area (Å²) in [7, 11) is -3.27. The highest BCUT2D eigenvalue weighted by molar-refractivity contribution is 7.94. The van der Waals surface area contributed by atoms with Crippen molar-refractivity contribution >= 4 is 21.4 Å². The summed E-state index contributed by atoms with van der Waals surface area (Å²) >= 11 is 0. The summed E-state index contributed by atoms with van der Waals surface area (Å²) < 4.78 is 36.8. The molecule has 6 heteroatoms. The standard InChI is InChI=1S/C19H24FNO3S/c20-16-7-9-17(10-8-16)21(18-12-13-25(23,24)14-18)19(22)11-6-15-4-2-1-3-5-15/h7-10,12-13,15,18H,1-6,11,14H2/t18-/m1/s1. The molecule has 1 fully saturated rings. The van der Waals surface area contributed by atoms with Crippen LogP contribution in [0.1, 0.15) is 44.9 Å². The van der Waals surface area contributed by atoms with E-state index in [0.29, 0.717) is 18.0 Å². The van der Waals surface area contributed by atoms with Crippen molar-refractivity contribution in [3.63, 3.8) is 0 Å². The van der Waals surface area contributed by atoms with Gasteiger partial charge in [-0.1, -0.05) is 32.1 Å². The molecule has 0 N–H and O–H groups in total. The first-order chi connectivity index (χ1) is 11.9. The number of benzene rings is 1. The first-order valence-electron chi connectivity index (χ1n) is 8.93. The lowest BCUT2D eigenvalue weighted by Gasteiger charge is -2.29. The van der Waals surface area contributed by atoms with E-state index in [0.717, 1.165) is 6.42 Å². The fraction of sp³-hybridized carbons (Fsp3) is 0.526. The van der Waals surface area contributed by atoms with E-state index in [4.69, 9.17) is 0 Å². The molecular formula is C19H24FNO3S. The van der Waals surface area contributed by atoms with Gasteiger partial charge in [0.25, 0.3) is 0 Å². The van der Waals surface area contributed by atoms with Gasteiger partial charge < -0.3 is 4.90 Å². The van der Waals surface area contributed by atoms with Gasteiger partial charge in [0.1, 0.15) is 5.82 Å². The number of carbonyl (C=O) groups is 1. The van der Waals surface area contributed by atoms with E-state index >= 15 is 0 Å². The molecule has 1 aromatic carbocycles. The number of anilines is 1. The predicted octanol–water partition coefficient (Wildman–Crippen LogP) is 3.83. The molecule has 1 atom stereocenters. The Morgan fingerprint density at radius 1 is 1.12 bits per heavy atom. The molecule has 0 radical (unpaired) electrons. The summed E-state index contributed by atoms with van der Waals surface area (Å²) in [5.41, 5.74) is 0.543. The minimum atomic E-state index is -3.27. The minimum absolute atomic E-state index is 0.0936. The van der Waals surface area contributed by atoms with E-state index in [9.17, 15) is 17.6 Å². The number of nitrogens with zero attached hydrogens (tertiary/aromatic N) is 1. The zero-order valence-electron chi connectivity index (χ0n) is 14.2. The Kier molecular flexibility index (Phi) is 5.57. The smallest absolute Gasteiger partial charge is 0.227 e. The molecule has 1 heterocycles. The molecule has 1 aromatic rings. The zero-order chi connectivity index (χ0) is 17.9. The Morgan fingerprint density at radius 2 is 1.80 bits per heavy atom. The second kappa shape index (κ2) is 7.68. The van der Waals surface area contributed by atoms with Gasteiger partial charge in [0.05, 0.1) is 11.8 Å². The largest absolute Gasteiger partial charge is 0.304 e. The summed E-state index contributed by atoms with van der Waals surface area (Å²) in [5, 5.41) is 1.17. The van der Waals surface area contributed by atoms with Crippen LogP contribution in [0.4, 0.5) is 10.1 Å². The van der Waals surface area contributed by atoms with Gasteiger partial charge in [-0.25, -0.2) is 12.8 Å². The summed E-state index contributed by atoms with van der Waals surface area (Å²) in [5.74, 6) is -0.00740. The van der Waals surface area contributed by atoms with Crippen molar-refractivity contribution < 1.29 is 17.6 Å². The van der Waals surface area contributed by atoms with Crippen LogP contribution < -0.4 is 4.90 Å². The van der Waals surface area contributed by atoms with E-state index < -0.39 is 15.9 Å². The Labute approximate surface area is 148 Å². The number of hydrogen-bond donors (Lipinski definition) is 0. The predicted molar refractivity (Wildman–Crippen MR) is 96.4 cm³/mol. The molecule has 0 saturated heterocycles. The van der Waals surface area contributed by atoms with Crippen LogP contribution in [0.2, 0.25) is 0 Å². The normalized spacial score (nSPS) is 22.8. The molecule has 0 bridgehead atoms. The molecule has 1 saturated carbocycles. The molecule has 3 rings (SSSR count). The topological polar surface area (TPSA) is 54.5 Å². The maximum Gasteiger partial charge on any atom is 0.227 e. The maximum atomic E-state index is 13.2. The molecule has 0 spiro atoms. The van der Waals surface area contributed by atoms with Crippen molar-refractivity contribution in [2.24, 2.45) is 5.92 Å². The van der Waals surface area contributed by atoms with E-state index in [1.165, 1.54) is 66.7 Å². The van der Waals surface area contributed by atoms with Crippen LogP contribution in [0.25, 0.3) is 0 Å². The van der Waals surface area contributed by atoms with Gasteiger partial charge in [0.15, 0.2) is 9.84 Å². The summed E-state index contributed by atoms with van der Waals surface area (Å²) in [4.78, 5) is 14.4. The molecule has 0 unspecified atom stereocenters. The lowest BCUT2D eigenvalue weighted by molar-refractivity contribution is -0.119. The third kappa shape index (κ3) is 4.69. The molecule has 1 aliphatic heterocycles. The monoisotopic (exact) mass is 365 g/mol. The maximum absolute atomic E-state index is 13.2. The van der Waals surface area contributed by atoms with Gasteiger partial charge in [-0.05, 0) is 42.7 Å². The first-order valence-corrected chi connectivity index (χ1v) is 10.6. The third-order valence-corrected chi connectivity index (χ3v) is 6.49. The lowest BCUT2D eigenvalue weighted by Crippen LogP contribution is -2.41. The fourth-order valence-electron chi connectivity index (χ4n) is 3.77. The van der Waals surface area contributed by atoms with Crippen molar-refractivity contribution in [1.29, 1.82) is 0 Å². The Morgan fingerprint density at radius 3 is 2.40 bits per heavy atom. The van der Waals surface area contributed by atoms with E-state index in [-0.39, 0.29) is 17.5 Å². The second-order valence-electron chi connectivity index (χ2n) is 7.01. The van der Waals surface area contributed by atoms with Crippen LogP contribution in [0, 0.1) is 11.7 Å². The highest BCUT2D eigenvalue weighted by Crippen LogP contribution is 2.29. The molecular weight excluding hydrogens is 341 g/mol. The Hall–Kier alpha value is -1.69. The molecule has 136 valence electrons. The molecule has 1 amide bonds. The van der Waals surface area contributed by atoms with Gasteiger partial charge in [-0.3, -0.25) is 4.79 Å². The van der Waals surface area contributed by atoms with Crippen LogP contribution in [-0.4, -0.2) is 26.1 Å². The van der Waals surface area contributed by atoms with Crippen molar-refractivity contribution in [2.75, 3.05) is 10.7 Å². The summed E-state index contributed by atoms with van der Waals surface area (Å²) in [6.45, 7) is 0. The number of rotatable bonds is 5. The molecule has 25 heavy (non-hydrogen) atoms. The Bertz CT molecular complexity index is 736.